The highest BCUT2D eigenvalue weighted by atomic mass is 32.1. The van der Waals surface area contributed by atoms with Crippen molar-refractivity contribution < 1.29 is 4.74 Å². The minimum atomic E-state index is 0.323. The smallest absolute Gasteiger partial charge is 0.280 e. The predicted octanol–water partition coefficient (Wildman–Crippen LogP) is 2.38. The zero-order valence-corrected chi connectivity index (χ0v) is 8.34. The van der Waals surface area contributed by atoms with E-state index in [4.69, 9.17) is 17.0 Å². The molecule has 0 amide bonds. The molecule has 0 fully saturated rings. The van der Waals surface area contributed by atoms with E-state index in [0.717, 1.165) is 11.4 Å². The number of H-pyrrole nitrogens is 1. The SMILES string of the molecule is S=c1nc2c(n[nH]1)Oc1ccccc1N2. The van der Waals surface area contributed by atoms with Crippen molar-refractivity contribution in [2.45, 2.75) is 0 Å². The molecule has 0 bridgehead atoms. The molecule has 0 saturated heterocycles. The Bertz CT molecular complexity index is 580. The van der Waals surface area contributed by atoms with Gasteiger partial charge in [0.25, 0.3) is 5.88 Å². The summed E-state index contributed by atoms with van der Waals surface area (Å²) in [5.74, 6) is 1.67. The molecule has 0 saturated carbocycles. The van der Waals surface area contributed by atoms with Crippen molar-refractivity contribution in [3.63, 3.8) is 0 Å². The third-order valence-electron chi connectivity index (χ3n) is 2.02. The first-order chi connectivity index (χ1) is 7.33. The standard InChI is InChI=1S/C9H6N4OS/c15-9-11-7-8(12-13-9)14-6-4-2-1-3-5(6)10-7/h1-4H,(H2,10,11,13,15). The summed E-state index contributed by atoms with van der Waals surface area (Å²) in [6, 6.07) is 7.57. The fourth-order valence-corrected chi connectivity index (χ4v) is 1.51. The fourth-order valence-electron chi connectivity index (χ4n) is 1.37. The Hall–Kier alpha value is -1.95. The van der Waals surface area contributed by atoms with Crippen molar-refractivity contribution in [3.8, 4) is 11.6 Å². The second-order valence-electron chi connectivity index (χ2n) is 3.02. The number of anilines is 2. The van der Waals surface area contributed by atoms with Gasteiger partial charge >= 0.3 is 0 Å². The lowest BCUT2D eigenvalue weighted by atomic mass is 10.2. The van der Waals surface area contributed by atoms with E-state index in [1.54, 1.807) is 0 Å². The van der Waals surface area contributed by atoms with E-state index < -0.39 is 0 Å². The van der Waals surface area contributed by atoms with Gasteiger partial charge in [-0.15, -0.1) is 5.10 Å². The lowest BCUT2D eigenvalue weighted by Crippen LogP contribution is -2.07. The van der Waals surface area contributed by atoms with E-state index in [9.17, 15) is 0 Å². The molecule has 0 spiro atoms. The Morgan fingerprint density at radius 1 is 1.27 bits per heavy atom. The lowest BCUT2D eigenvalue weighted by Gasteiger charge is -2.18. The molecular weight excluding hydrogens is 212 g/mol. The maximum atomic E-state index is 5.52. The van der Waals surface area contributed by atoms with Crippen LogP contribution >= 0.6 is 12.2 Å². The third-order valence-corrected chi connectivity index (χ3v) is 2.20. The summed E-state index contributed by atoms with van der Waals surface area (Å²) >= 11 is 4.87. The predicted molar refractivity (Wildman–Crippen MR) is 57.0 cm³/mol. The highest BCUT2D eigenvalue weighted by Crippen LogP contribution is 2.38. The number of aromatic amines is 1. The van der Waals surface area contributed by atoms with Crippen LogP contribution in [0.4, 0.5) is 11.5 Å². The largest absolute Gasteiger partial charge is 0.433 e. The molecule has 0 unspecified atom stereocenters. The van der Waals surface area contributed by atoms with Crippen LogP contribution in [-0.4, -0.2) is 15.2 Å². The Labute approximate surface area is 90.1 Å². The summed E-state index contributed by atoms with van der Waals surface area (Å²) < 4.78 is 5.84. The van der Waals surface area contributed by atoms with Gasteiger partial charge in [-0.3, -0.25) is 0 Å². The van der Waals surface area contributed by atoms with Crippen LogP contribution in [0.15, 0.2) is 24.3 Å². The number of fused-ring (bicyclic) bond motifs is 2. The maximum absolute atomic E-state index is 5.52. The van der Waals surface area contributed by atoms with Crippen molar-refractivity contribution in [2.24, 2.45) is 0 Å². The van der Waals surface area contributed by atoms with Crippen molar-refractivity contribution in [1.82, 2.24) is 15.2 Å². The van der Waals surface area contributed by atoms with Crippen LogP contribution in [0, 0.1) is 4.77 Å². The molecule has 5 nitrogen and oxygen atoms in total. The van der Waals surface area contributed by atoms with E-state index in [1.807, 2.05) is 24.3 Å². The summed E-state index contributed by atoms with van der Waals surface area (Å²) in [5.41, 5.74) is 0.861. The first kappa shape index (κ1) is 8.37. The minimum Gasteiger partial charge on any atom is -0.433 e. The third kappa shape index (κ3) is 1.35. The van der Waals surface area contributed by atoms with E-state index >= 15 is 0 Å². The normalized spacial score (nSPS) is 12.0. The topological polar surface area (TPSA) is 62.8 Å². The first-order valence-corrected chi connectivity index (χ1v) is 4.74. The van der Waals surface area contributed by atoms with Crippen LogP contribution < -0.4 is 10.1 Å². The molecule has 74 valence electrons. The first-order valence-electron chi connectivity index (χ1n) is 4.33. The Morgan fingerprint density at radius 3 is 3.07 bits per heavy atom. The summed E-state index contributed by atoms with van der Waals surface area (Å²) in [6.07, 6.45) is 0. The molecule has 1 aliphatic rings. The molecule has 1 aliphatic heterocycles. The molecule has 15 heavy (non-hydrogen) atoms. The monoisotopic (exact) mass is 218 g/mol. The molecule has 0 aliphatic carbocycles. The zero-order valence-electron chi connectivity index (χ0n) is 7.52. The average Bonchev–Trinajstić information content (AvgIpc) is 2.26. The Kier molecular flexibility index (Phi) is 1.69. The molecule has 3 rings (SSSR count). The Balaban J connectivity index is 2.15. The van der Waals surface area contributed by atoms with Gasteiger partial charge in [0.2, 0.25) is 4.77 Å². The Morgan fingerprint density at radius 2 is 2.13 bits per heavy atom. The zero-order chi connectivity index (χ0) is 10.3. The number of ether oxygens (including phenoxy) is 1. The number of benzene rings is 1. The average molecular weight is 218 g/mol. The van der Waals surface area contributed by atoms with Gasteiger partial charge in [-0.2, -0.15) is 4.98 Å². The van der Waals surface area contributed by atoms with Gasteiger partial charge in [-0.05, 0) is 24.4 Å². The molecule has 2 aromatic rings. The number of para-hydroxylation sites is 2. The van der Waals surface area contributed by atoms with Crippen LogP contribution in [0.1, 0.15) is 0 Å². The molecule has 6 heteroatoms. The highest BCUT2D eigenvalue weighted by Gasteiger charge is 2.17. The molecule has 0 atom stereocenters. The van der Waals surface area contributed by atoms with E-state index in [-0.39, 0.29) is 0 Å². The van der Waals surface area contributed by atoms with Crippen LogP contribution in [0.5, 0.6) is 11.6 Å². The minimum absolute atomic E-state index is 0.323. The molecule has 0 radical (unpaired) electrons. The number of hydrogen-bond acceptors (Lipinski definition) is 5. The molecule has 1 aromatic carbocycles. The van der Waals surface area contributed by atoms with Gasteiger partial charge in [0.15, 0.2) is 11.6 Å². The van der Waals surface area contributed by atoms with Gasteiger partial charge in [-0.25, -0.2) is 5.10 Å². The molecule has 2 N–H and O–H groups in total. The summed E-state index contributed by atoms with van der Waals surface area (Å²) in [7, 11) is 0. The van der Waals surface area contributed by atoms with E-state index in [2.05, 4.69) is 20.5 Å². The molecular formula is C9H6N4OS. The number of rotatable bonds is 0. The number of aromatic nitrogens is 3. The van der Waals surface area contributed by atoms with Gasteiger partial charge in [0.1, 0.15) is 0 Å². The van der Waals surface area contributed by atoms with E-state index in [0.29, 0.717) is 16.5 Å². The molecule has 1 aromatic heterocycles. The molecule has 2 heterocycles. The summed E-state index contributed by atoms with van der Waals surface area (Å²) in [4.78, 5) is 4.07. The van der Waals surface area contributed by atoms with Gasteiger partial charge in [-0.1, -0.05) is 12.1 Å². The highest BCUT2D eigenvalue weighted by molar-refractivity contribution is 7.71. The van der Waals surface area contributed by atoms with Crippen LogP contribution in [0.3, 0.4) is 0 Å². The second-order valence-corrected chi connectivity index (χ2v) is 3.40. The number of nitrogens with zero attached hydrogens (tertiary/aromatic N) is 2. The van der Waals surface area contributed by atoms with Crippen LogP contribution in [-0.2, 0) is 0 Å². The van der Waals surface area contributed by atoms with Crippen molar-refractivity contribution in [1.29, 1.82) is 0 Å². The fraction of sp³-hybridized carbons (Fsp3) is 0. The van der Waals surface area contributed by atoms with Gasteiger partial charge in [0.05, 0.1) is 5.69 Å². The van der Waals surface area contributed by atoms with Crippen molar-refractivity contribution >= 4 is 23.7 Å². The summed E-state index contributed by atoms with van der Waals surface area (Å²) in [5, 5.41) is 9.62. The van der Waals surface area contributed by atoms with Crippen molar-refractivity contribution in [2.75, 3.05) is 5.32 Å². The number of hydrogen-bond donors (Lipinski definition) is 2. The van der Waals surface area contributed by atoms with E-state index in [1.165, 1.54) is 0 Å². The second kappa shape index (κ2) is 3.03. The maximum Gasteiger partial charge on any atom is 0.280 e. The van der Waals surface area contributed by atoms with Crippen molar-refractivity contribution in [3.05, 3.63) is 29.0 Å². The van der Waals surface area contributed by atoms with Gasteiger partial charge in [0, 0.05) is 0 Å². The van der Waals surface area contributed by atoms with Crippen LogP contribution in [0.25, 0.3) is 0 Å². The van der Waals surface area contributed by atoms with Crippen LogP contribution in [0.2, 0.25) is 0 Å². The quantitative estimate of drug-likeness (QED) is 0.567. The summed E-state index contributed by atoms with van der Waals surface area (Å²) in [6.45, 7) is 0. The van der Waals surface area contributed by atoms with Gasteiger partial charge < -0.3 is 10.1 Å². The number of nitrogens with one attached hydrogen (secondary N) is 2. The lowest BCUT2D eigenvalue weighted by molar-refractivity contribution is 0.449.